The molecule has 1 saturated heterocycles. The van der Waals surface area contributed by atoms with Crippen LogP contribution in [0.3, 0.4) is 0 Å². The zero-order chi connectivity index (χ0) is 16.6. The van der Waals surface area contributed by atoms with Gasteiger partial charge in [0.2, 0.25) is 0 Å². The second kappa shape index (κ2) is 9.19. The summed E-state index contributed by atoms with van der Waals surface area (Å²) in [5.74, 6) is 2.72. The van der Waals surface area contributed by atoms with Crippen molar-refractivity contribution >= 4 is 32.8 Å². The number of hydrogen-bond acceptors (Lipinski definition) is 4. The number of ether oxygens (including phenoxy) is 2. The van der Waals surface area contributed by atoms with Crippen molar-refractivity contribution in [2.24, 2.45) is 11.8 Å². The van der Waals surface area contributed by atoms with Gasteiger partial charge < -0.3 is 9.47 Å². The van der Waals surface area contributed by atoms with Gasteiger partial charge in [-0.1, -0.05) is 13.8 Å². The Hall–Kier alpha value is -0.850. The minimum atomic E-state index is 0. The van der Waals surface area contributed by atoms with Crippen molar-refractivity contribution in [3.63, 3.8) is 0 Å². The van der Waals surface area contributed by atoms with E-state index in [1.807, 2.05) is 0 Å². The number of rotatable bonds is 4. The molecule has 0 N–H and O–H groups in total. The van der Waals surface area contributed by atoms with Gasteiger partial charge in [0, 0.05) is 31.5 Å². The number of benzene rings is 1. The molecule has 0 radical (unpaired) electrons. The van der Waals surface area contributed by atoms with Gasteiger partial charge in [-0.25, -0.2) is 0 Å². The lowest BCUT2D eigenvalue weighted by Gasteiger charge is -2.43. The summed E-state index contributed by atoms with van der Waals surface area (Å²) in [5, 5.41) is 0. The molecule has 4 nitrogen and oxygen atoms in total. The highest BCUT2D eigenvalue weighted by atomic mass is 32.1. The molecule has 142 valence electrons. The summed E-state index contributed by atoms with van der Waals surface area (Å²) in [4.78, 5) is 15.1. The summed E-state index contributed by atoms with van der Waals surface area (Å²) in [5.41, 5.74) is 2.53. The van der Waals surface area contributed by atoms with E-state index in [-0.39, 0.29) is 39.0 Å². The second-order valence-corrected chi connectivity index (χ2v) is 7.16. The number of nitrogens with zero attached hydrogens (tertiary/aromatic N) is 1. The molecule has 0 aromatic heterocycles. The molecule has 0 bridgehead atoms. The molecule has 6 heteroatoms. The third kappa shape index (κ3) is 4.47. The average Bonchev–Trinajstić information content (AvgIpc) is 2.53. The summed E-state index contributed by atoms with van der Waals surface area (Å²) in [6, 6.07) is 4.35. The van der Waals surface area contributed by atoms with Gasteiger partial charge in [-0.15, -0.1) is 0 Å². The standard InChI is InChI=1S/C19H27NO3.2H2S/c1-12(2)7-14-11-20-6-5-13-8-18(22-3)19(23-4)9-15(13)16(20)10-17(14)21;;/h8-9,12,14,16H,5-7,10-11H2,1-4H3;2*1H2/t14-,16-;;/m0../s1. The molecule has 0 spiro atoms. The van der Waals surface area contributed by atoms with Gasteiger partial charge in [0.25, 0.3) is 0 Å². The van der Waals surface area contributed by atoms with Gasteiger partial charge in [0.15, 0.2) is 11.5 Å². The molecule has 2 aliphatic heterocycles. The molecule has 0 aliphatic carbocycles. The third-order valence-electron chi connectivity index (χ3n) is 5.17. The van der Waals surface area contributed by atoms with Crippen LogP contribution in [0.1, 0.15) is 43.9 Å². The second-order valence-electron chi connectivity index (χ2n) is 7.16. The van der Waals surface area contributed by atoms with E-state index < -0.39 is 0 Å². The van der Waals surface area contributed by atoms with Crippen LogP contribution in [0.4, 0.5) is 0 Å². The molecule has 2 aliphatic rings. The predicted octanol–water partition coefficient (Wildman–Crippen LogP) is 3.46. The minimum Gasteiger partial charge on any atom is -0.493 e. The SMILES string of the molecule is COc1cc2c(cc1OC)[C@@H]1CC(=O)[C@@H](CC(C)C)CN1CC2.S.S. The lowest BCUT2D eigenvalue weighted by atomic mass is 9.80. The summed E-state index contributed by atoms with van der Waals surface area (Å²) in [6.07, 6.45) is 2.63. The summed E-state index contributed by atoms with van der Waals surface area (Å²) < 4.78 is 10.9. The Bertz CT molecular complexity index is 607. The van der Waals surface area contributed by atoms with E-state index in [9.17, 15) is 4.79 Å². The van der Waals surface area contributed by atoms with Crippen LogP contribution >= 0.6 is 27.0 Å². The first kappa shape index (κ1) is 22.2. The van der Waals surface area contributed by atoms with Crippen LogP contribution in [0.15, 0.2) is 12.1 Å². The fourth-order valence-electron chi connectivity index (χ4n) is 4.05. The molecule has 0 unspecified atom stereocenters. The number of methoxy groups -OCH3 is 2. The van der Waals surface area contributed by atoms with Crippen molar-refractivity contribution in [1.29, 1.82) is 0 Å². The first-order valence-electron chi connectivity index (χ1n) is 8.55. The largest absolute Gasteiger partial charge is 0.493 e. The Balaban J connectivity index is 0.00000156. The fraction of sp³-hybridized carbons (Fsp3) is 0.632. The summed E-state index contributed by atoms with van der Waals surface area (Å²) in [6.45, 7) is 6.31. The molecular weight excluding hydrogens is 354 g/mol. The van der Waals surface area contributed by atoms with E-state index in [1.165, 1.54) is 11.1 Å². The van der Waals surface area contributed by atoms with Crippen LogP contribution < -0.4 is 9.47 Å². The normalized spacial score (nSPS) is 22.4. The predicted molar refractivity (Wildman–Crippen MR) is 111 cm³/mol. The van der Waals surface area contributed by atoms with Crippen LogP contribution in [0, 0.1) is 11.8 Å². The first-order valence-corrected chi connectivity index (χ1v) is 8.55. The lowest BCUT2D eigenvalue weighted by molar-refractivity contribution is -0.129. The van der Waals surface area contributed by atoms with Gasteiger partial charge in [0.05, 0.1) is 14.2 Å². The van der Waals surface area contributed by atoms with Crippen molar-refractivity contribution in [3.8, 4) is 11.5 Å². The highest BCUT2D eigenvalue weighted by Crippen LogP contribution is 2.42. The van der Waals surface area contributed by atoms with Crippen LogP contribution in [0.2, 0.25) is 0 Å². The Kier molecular flexibility index (Phi) is 8.16. The minimum absolute atomic E-state index is 0. The molecular formula is C19H31NO3S2. The van der Waals surface area contributed by atoms with Gasteiger partial charge in [0.1, 0.15) is 5.78 Å². The van der Waals surface area contributed by atoms with Crippen molar-refractivity contribution in [1.82, 2.24) is 4.90 Å². The topological polar surface area (TPSA) is 38.8 Å². The number of piperidine rings is 1. The van der Waals surface area contributed by atoms with E-state index in [4.69, 9.17) is 9.47 Å². The quantitative estimate of drug-likeness (QED) is 0.796. The van der Waals surface area contributed by atoms with Crippen LogP contribution in [0.25, 0.3) is 0 Å². The number of hydrogen-bond donors (Lipinski definition) is 0. The maximum Gasteiger partial charge on any atom is 0.161 e. The van der Waals surface area contributed by atoms with Crippen molar-refractivity contribution in [3.05, 3.63) is 23.3 Å². The van der Waals surface area contributed by atoms with Gasteiger partial charge in [-0.2, -0.15) is 27.0 Å². The van der Waals surface area contributed by atoms with Gasteiger partial charge in [-0.3, -0.25) is 9.69 Å². The molecule has 25 heavy (non-hydrogen) atoms. The molecule has 0 saturated carbocycles. The summed E-state index contributed by atoms with van der Waals surface area (Å²) in [7, 11) is 3.33. The third-order valence-corrected chi connectivity index (χ3v) is 5.17. The molecule has 1 fully saturated rings. The zero-order valence-electron chi connectivity index (χ0n) is 15.6. The average molecular weight is 386 g/mol. The van der Waals surface area contributed by atoms with Gasteiger partial charge in [-0.05, 0) is 42.0 Å². The Morgan fingerprint density at radius 3 is 2.40 bits per heavy atom. The Labute approximate surface area is 165 Å². The van der Waals surface area contributed by atoms with Crippen molar-refractivity contribution in [2.75, 3.05) is 27.3 Å². The number of carbonyl (C=O) groups excluding carboxylic acids is 1. The number of Topliss-reactive ketones (excluding diaryl/α,β-unsaturated/α-hetero) is 1. The molecule has 3 rings (SSSR count). The van der Waals surface area contributed by atoms with E-state index in [2.05, 4.69) is 30.9 Å². The Morgan fingerprint density at radius 1 is 1.16 bits per heavy atom. The summed E-state index contributed by atoms with van der Waals surface area (Å²) >= 11 is 0. The Morgan fingerprint density at radius 2 is 1.80 bits per heavy atom. The van der Waals surface area contributed by atoms with E-state index in [0.29, 0.717) is 18.1 Å². The fourth-order valence-corrected chi connectivity index (χ4v) is 4.05. The lowest BCUT2D eigenvalue weighted by Crippen LogP contribution is -2.46. The molecule has 2 atom stereocenters. The van der Waals surface area contributed by atoms with Crippen LogP contribution in [-0.2, 0) is 11.2 Å². The van der Waals surface area contributed by atoms with Crippen LogP contribution in [0.5, 0.6) is 11.5 Å². The molecule has 0 amide bonds. The highest BCUT2D eigenvalue weighted by molar-refractivity contribution is 7.59. The maximum atomic E-state index is 12.6. The molecule has 1 aromatic carbocycles. The number of ketones is 1. The van der Waals surface area contributed by atoms with E-state index >= 15 is 0 Å². The van der Waals surface area contributed by atoms with Crippen molar-refractivity contribution in [2.45, 2.75) is 39.2 Å². The van der Waals surface area contributed by atoms with E-state index in [0.717, 1.165) is 37.4 Å². The number of carbonyl (C=O) groups is 1. The monoisotopic (exact) mass is 385 g/mol. The molecule has 2 heterocycles. The van der Waals surface area contributed by atoms with Crippen molar-refractivity contribution < 1.29 is 14.3 Å². The first-order chi connectivity index (χ1) is 11.0. The zero-order valence-corrected chi connectivity index (χ0v) is 17.6. The number of fused-ring (bicyclic) bond motifs is 3. The van der Waals surface area contributed by atoms with E-state index in [1.54, 1.807) is 14.2 Å². The maximum absolute atomic E-state index is 12.6. The highest BCUT2D eigenvalue weighted by Gasteiger charge is 2.38. The smallest absolute Gasteiger partial charge is 0.161 e. The van der Waals surface area contributed by atoms with Gasteiger partial charge >= 0.3 is 0 Å². The van der Waals surface area contributed by atoms with Crippen LogP contribution in [-0.4, -0.2) is 38.0 Å². The molecule has 1 aromatic rings.